The summed E-state index contributed by atoms with van der Waals surface area (Å²) < 4.78 is 11.1. The molecule has 0 atom stereocenters. The molecule has 2 aromatic carbocycles. The van der Waals surface area contributed by atoms with E-state index in [0.29, 0.717) is 33.7 Å². The zero-order valence-corrected chi connectivity index (χ0v) is 13.6. The average Bonchev–Trinajstić information content (AvgIpc) is 2.48. The molecule has 0 aliphatic rings. The molecule has 2 rings (SSSR count). The van der Waals surface area contributed by atoms with Gasteiger partial charge in [0.2, 0.25) is 0 Å². The normalized spacial score (nSPS) is 10.2. The van der Waals surface area contributed by atoms with Crippen molar-refractivity contribution in [2.24, 2.45) is 5.73 Å². The van der Waals surface area contributed by atoms with Crippen LogP contribution in [0.15, 0.2) is 36.4 Å². The van der Waals surface area contributed by atoms with Gasteiger partial charge < -0.3 is 15.2 Å². The first-order valence-electron chi connectivity index (χ1n) is 6.06. The molecule has 0 saturated carbocycles. The molecule has 110 valence electrons. The van der Waals surface area contributed by atoms with Crippen molar-refractivity contribution in [3.8, 4) is 11.5 Å². The molecule has 21 heavy (non-hydrogen) atoms. The van der Waals surface area contributed by atoms with Gasteiger partial charge in [0.1, 0.15) is 11.6 Å². The van der Waals surface area contributed by atoms with E-state index in [-0.39, 0.29) is 4.99 Å². The maximum absolute atomic E-state index is 5.98. The van der Waals surface area contributed by atoms with Crippen LogP contribution in [0.25, 0.3) is 0 Å². The van der Waals surface area contributed by atoms with Gasteiger partial charge >= 0.3 is 0 Å². The summed E-state index contributed by atoms with van der Waals surface area (Å²) in [4.78, 5) is 0.248. The van der Waals surface area contributed by atoms with E-state index in [1.807, 2.05) is 6.07 Å². The largest absolute Gasteiger partial charge is 0.493 e. The Morgan fingerprint density at radius 2 is 1.95 bits per heavy atom. The van der Waals surface area contributed by atoms with Gasteiger partial charge in [0.25, 0.3) is 0 Å². The monoisotopic (exact) mass is 341 g/mol. The van der Waals surface area contributed by atoms with E-state index in [2.05, 4.69) is 0 Å². The third-order valence-corrected chi connectivity index (χ3v) is 3.79. The van der Waals surface area contributed by atoms with Crippen LogP contribution in [0.3, 0.4) is 0 Å². The first-order chi connectivity index (χ1) is 10.0. The second kappa shape index (κ2) is 6.98. The lowest BCUT2D eigenvalue weighted by atomic mass is 10.2. The number of methoxy groups -OCH3 is 1. The maximum atomic E-state index is 5.98. The number of nitrogens with two attached hydrogens (primary N) is 1. The highest BCUT2D eigenvalue weighted by molar-refractivity contribution is 7.80. The summed E-state index contributed by atoms with van der Waals surface area (Å²) >= 11 is 16.9. The van der Waals surface area contributed by atoms with Crippen molar-refractivity contribution >= 4 is 40.4 Å². The highest BCUT2D eigenvalue weighted by Gasteiger charge is 2.13. The first kappa shape index (κ1) is 15.9. The molecule has 2 N–H and O–H groups in total. The molecule has 0 aromatic heterocycles. The van der Waals surface area contributed by atoms with E-state index in [1.54, 1.807) is 37.4 Å². The zero-order chi connectivity index (χ0) is 15.4. The second-order valence-electron chi connectivity index (χ2n) is 4.24. The lowest BCUT2D eigenvalue weighted by molar-refractivity contribution is 0.284. The maximum Gasteiger partial charge on any atom is 0.171 e. The van der Waals surface area contributed by atoms with Crippen molar-refractivity contribution in [1.29, 1.82) is 0 Å². The van der Waals surface area contributed by atoms with Crippen LogP contribution in [0.4, 0.5) is 0 Å². The minimum atomic E-state index is 0.248. The molecule has 0 heterocycles. The third-order valence-electron chi connectivity index (χ3n) is 2.83. The van der Waals surface area contributed by atoms with Gasteiger partial charge in [0.05, 0.1) is 22.7 Å². The summed E-state index contributed by atoms with van der Waals surface area (Å²) in [6.45, 7) is 0.298. The number of para-hydroxylation sites is 1. The van der Waals surface area contributed by atoms with Gasteiger partial charge in [-0.1, -0.05) is 47.6 Å². The Labute approximate surface area is 138 Å². The fourth-order valence-corrected chi connectivity index (χ4v) is 2.29. The molecular weight excluding hydrogens is 329 g/mol. The van der Waals surface area contributed by atoms with E-state index >= 15 is 0 Å². The molecule has 0 aliphatic heterocycles. The average molecular weight is 342 g/mol. The predicted octanol–water partition coefficient (Wildman–Crippen LogP) is 4.22. The van der Waals surface area contributed by atoms with Crippen LogP contribution >= 0.6 is 35.4 Å². The van der Waals surface area contributed by atoms with Gasteiger partial charge in [-0.25, -0.2) is 0 Å². The second-order valence-corrected chi connectivity index (χ2v) is 5.49. The molecule has 0 spiro atoms. The number of ether oxygens (including phenoxy) is 2. The predicted molar refractivity (Wildman–Crippen MR) is 89.7 cm³/mol. The number of halogens is 2. The Bertz CT molecular complexity index is 677. The number of hydrogen-bond acceptors (Lipinski definition) is 3. The molecule has 0 radical (unpaired) electrons. The quantitative estimate of drug-likeness (QED) is 0.827. The van der Waals surface area contributed by atoms with Crippen LogP contribution in [0.2, 0.25) is 10.0 Å². The van der Waals surface area contributed by atoms with E-state index in [9.17, 15) is 0 Å². The summed E-state index contributed by atoms with van der Waals surface area (Å²) in [5, 5.41) is 0.980. The number of benzene rings is 2. The van der Waals surface area contributed by atoms with E-state index < -0.39 is 0 Å². The van der Waals surface area contributed by atoms with Gasteiger partial charge in [-0.2, -0.15) is 0 Å². The molecule has 3 nitrogen and oxygen atoms in total. The van der Waals surface area contributed by atoms with E-state index in [4.69, 9.17) is 50.6 Å². The highest BCUT2D eigenvalue weighted by Crippen LogP contribution is 2.32. The van der Waals surface area contributed by atoms with Crippen molar-refractivity contribution in [2.75, 3.05) is 7.11 Å². The molecule has 6 heteroatoms. The summed E-state index contributed by atoms with van der Waals surface area (Å²) in [6, 6.07) is 10.7. The third kappa shape index (κ3) is 3.79. The Kier molecular flexibility index (Phi) is 5.28. The summed E-state index contributed by atoms with van der Waals surface area (Å²) in [5.41, 5.74) is 7.22. The molecule has 0 saturated heterocycles. The van der Waals surface area contributed by atoms with E-state index in [0.717, 1.165) is 5.56 Å². The van der Waals surface area contributed by atoms with Crippen LogP contribution in [-0.4, -0.2) is 12.1 Å². The Morgan fingerprint density at radius 3 is 2.57 bits per heavy atom. The minimum Gasteiger partial charge on any atom is -0.493 e. The smallest absolute Gasteiger partial charge is 0.171 e. The summed E-state index contributed by atoms with van der Waals surface area (Å²) in [7, 11) is 1.56. The Morgan fingerprint density at radius 1 is 1.19 bits per heavy atom. The highest BCUT2D eigenvalue weighted by atomic mass is 35.5. The minimum absolute atomic E-state index is 0.248. The van der Waals surface area contributed by atoms with Crippen LogP contribution in [0.1, 0.15) is 11.1 Å². The summed E-state index contributed by atoms with van der Waals surface area (Å²) in [6.07, 6.45) is 0. The van der Waals surface area contributed by atoms with Gasteiger partial charge in [-0.05, 0) is 29.8 Å². The van der Waals surface area contributed by atoms with Gasteiger partial charge in [-0.15, -0.1) is 0 Å². The number of rotatable bonds is 5. The van der Waals surface area contributed by atoms with Crippen LogP contribution in [0.5, 0.6) is 11.5 Å². The zero-order valence-electron chi connectivity index (χ0n) is 11.2. The van der Waals surface area contributed by atoms with Gasteiger partial charge in [-0.3, -0.25) is 0 Å². The van der Waals surface area contributed by atoms with Crippen molar-refractivity contribution in [2.45, 2.75) is 6.61 Å². The molecular formula is C15H13Cl2NO2S. The van der Waals surface area contributed by atoms with Crippen molar-refractivity contribution in [1.82, 2.24) is 0 Å². The van der Waals surface area contributed by atoms with Crippen LogP contribution < -0.4 is 15.2 Å². The number of hydrogen-bond donors (Lipinski definition) is 1. The van der Waals surface area contributed by atoms with Crippen molar-refractivity contribution < 1.29 is 9.47 Å². The molecule has 0 amide bonds. The fourth-order valence-electron chi connectivity index (χ4n) is 1.80. The standard InChI is InChI=1S/C15H13Cl2NO2S/c1-19-13-4-2-3-10(15(18)21)14(13)20-8-9-5-6-11(16)12(17)7-9/h2-7H,8H2,1H3,(H2,18,21). The first-order valence-corrected chi connectivity index (χ1v) is 7.23. The van der Waals surface area contributed by atoms with Crippen molar-refractivity contribution in [3.05, 3.63) is 57.6 Å². The topological polar surface area (TPSA) is 44.5 Å². The van der Waals surface area contributed by atoms with Crippen LogP contribution in [-0.2, 0) is 6.61 Å². The summed E-state index contributed by atoms with van der Waals surface area (Å²) in [5.74, 6) is 1.08. The van der Waals surface area contributed by atoms with Crippen LogP contribution in [0, 0.1) is 0 Å². The Balaban J connectivity index is 2.26. The lowest BCUT2D eigenvalue weighted by Crippen LogP contribution is -2.12. The molecule has 0 aliphatic carbocycles. The van der Waals surface area contributed by atoms with Gasteiger partial charge in [0.15, 0.2) is 11.5 Å². The van der Waals surface area contributed by atoms with Crippen molar-refractivity contribution in [3.63, 3.8) is 0 Å². The van der Waals surface area contributed by atoms with E-state index in [1.165, 1.54) is 0 Å². The SMILES string of the molecule is COc1cccc(C(N)=S)c1OCc1ccc(Cl)c(Cl)c1. The molecule has 0 bridgehead atoms. The molecule has 2 aromatic rings. The Hall–Kier alpha value is -1.49. The molecule has 0 unspecified atom stereocenters. The molecule has 0 fully saturated rings. The lowest BCUT2D eigenvalue weighted by Gasteiger charge is -2.14. The number of thiocarbonyl (C=S) groups is 1. The van der Waals surface area contributed by atoms with Gasteiger partial charge in [0, 0.05) is 0 Å². The fraction of sp³-hybridized carbons (Fsp3) is 0.133.